The average Bonchev–Trinajstić information content (AvgIpc) is 3.69. The molecule has 0 radical (unpaired) electrons. The molecule has 0 bridgehead atoms. The standard InChI is InChI=1S/C26H35F3O6.C25H34F2O5/c1-17(2)35-25(33)11-6-4-3-5-10-21-22(24(32)15-23(21)31)13-12-19(30)16-34-20-9-7-8-18(14-20)26(27,28)29;1-18(2)32-24(30)13-9-4-3-8-12-20-21(23(29)16-22(20)28)14-15-25(26,27)17-31-19-10-6-5-7-11-19/h3,5,7-9,12-14,17,19,21-24,30-32H,4,6,10-11,15-16H2,1-2H3;3,5-8,10-11,14-15,18,20-23,28-29H,4,9,12-13,16-17H2,1-2H3/b5-3-,13-12+;8-3-,15-14+/t19-,21-,22-,23+,24-;20-,21-,22+,23-/m11/s1. The van der Waals surface area contributed by atoms with Crippen molar-refractivity contribution < 1.29 is 76.0 Å². The van der Waals surface area contributed by atoms with Crippen LogP contribution in [0.1, 0.15) is 97.5 Å². The van der Waals surface area contributed by atoms with Gasteiger partial charge in [0.05, 0.1) is 42.2 Å². The van der Waals surface area contributed by atoms with Crippen LogP contribution in [0.2, 0.25) is 0 Å². The van der Waals surface area contributed by atoms with Crippen molar-refractivity contribution in [1.29, 1.82) is 0 Å². The Labute approximate surface area is 391 Å². The van der Waals surface area contributed by atoms with E-state index in [4.69, 9.17) is 18.9 Å². The van der Waals surface area contributed by atoms with Crippen LogP contribution in [0.15, 0.2) is 103 Å². The van der Waals surface area contributed by atoms with E-state index in [9.17, 15) is 57.1 Å². The zero-order valence-electron chi connectivity index (χ0n) is 38.7. The van der Waals surface area contributed by atoms with E-state index in [2.05, 4.69) is 0 Å². The third-order valence-corrected chi connectivity index (χ3v) is 11.1. The van der Waals surface area contributed by atoms with Crippen LogP contribution < -0.4 is 9.47 Å². The van der Waals surface area contributed by atoms with Crippen LogP contribution in [0.3, 0.4) is 0 Å². The smallest absolute Gasteiger partial charge is 0.416 e. The fraction of sp³-hybridized carbons (Fsp3) is 0.569. The Bertz CT molecular complexity index is 1870. The number of carbonyl (C=O) groups is 2. The van der Waals surface area contributed by atoms with Crippen molar-refractivity contribution in [2.45, 2.75) is 147 Å². The maximum atomic E-state index is 14.2. The van der Waals surface area contributed by atoms with Crippen molar-refractivity contribution >= 4 is 11.9 Å². The molecule has 0 amide bonds. The molecule has 11 nitrogen and oxygen atoms in total. The lowest BCUT2D eigenvalue weighted by atomic mass is 9.89. The number of carbonyl (C=O) groups excluding carboxylic acids is 2. The zero-order chi connectivity index (χ0) is 49.6. The first-order valence-electron chi connectivity index (χ1n) is 23.0. The zero-order valence-corrected chi connectivity index (χ0v) is 38.7. The Kier molecular flexibility index (Phi) is 24.3. The highest BCUT2D eigenvalue weighted by molar-refractivity contribution is 5.69. The van der Waals surface area contributed by atoms with E-state index in [0.29, 0.717) is 57.1 Å². The van der Waals surface area contributed by atoms with Gasteiger partial charge >= 0.3 is 18.1 Å². The number of unbranched alkanes of at least 4 members (excludes halogenated alkanes) is 2. The number of benzene rings is 2. The van der Waals surface area contributed by atoms with Crippen molar-refractivity contribution in [2.24, 2.45) is 23.7 Å². The third-order valence-electron chi connectivity index (χ3n) is 11.1. The van der Waals surface area contributed by atoms with Gasteiger partial charge < -0.3 is 44.5 Å². The highest BCUT2D eigenvalue weighted by Gasteiger charge is 2.41. The van der Waals surface area contributed by atoms with Crippen LogP contribution in [0.25, 0.3) is 0 Å². The molecule has 2 aliphatic carbocycles. The number of esters is 2. The van der Waals surface area contributed by atoms with Crippen LogP contribution in [0, 0.1) is 23.7 Å². The molecule has 2 aromatic carbocycles. The lowest BCUT2D eigenvalue weighted by Crippen LogP contribution is -2.25. The van der Waals surface area contributed by atoms with Gasteiger partial charge in [-0.15, -0.1) is 0 Å². The number of hydrogen-bond acceptors (Lipinski definition) is 11. The van der Waals surface area contributed by atoms with Crippen LogP contribution in [-0.2, 0) is 25.2 Å². The van der Waals surface area contributed by atoms with Gasteiger partial charge in [-0.3, -0.25) is 9.59 Å². The highest BCUT2D eigenvalue weighted by Crippen LogP contribution is 2.38. The van der Waals surface area contributed by atoms with E-state index in [1.165, 1.54) is 24.3 Å². The number of aliphatic hydroxyl groups excluding tert-OH is 5. The molecule has 0 unspecified atom stereocenters. The summed E-state index contributed by atoms with van der Waals surface area (Å²) in [5.74, 6) is -4.88. The average molecular weight is 953 g/mol. The molecule has 4 rings (SSSR count). The first-order valence-corrected chi connectivity index (χ1v) is 23.0. The van der Waals surface area contributed by atoms with E-state index in [0.717, 1.165) is 18.2 Å². The Hall–Kier alpha value is -4.61. The minimum absolute atomic E-state index is 0.0101. The summed E-state index contributed by atoms with van der Waals surface area (Å²) in [5.41, 5.74) is -0.838. The first kappa shape index (κ1) is 56.7. The van der Waals surface area contributed by atoms with Gasteiger partial charge in [0, 0.05) is 37.5 Å². The molecule has 5 N–H and O–H groups in total. The topological polar surface area (TPSA) is 172 Å². The fourth-order valence-corrected chi connectivity index (χ4v) is 7.78. The summed E-state index contributed by atoms with van der Waals surface area (Å²) in [6.07, 6.45) is 8.42. The van der Waals surface area contributed by atoms with E-state index >= 15 is 0 Å². The number of rotatable bonds is 24. The Morgan fingerprint density at radius 3 is 1.69 bits per heavy atom. The molecule has 67 heavy (non-hydrogen) atoms. The number of hydrogen-bond donors (Lipinski definition) is 5. The van der Waals surface area contributed by atoms with Gasteiger partial charge in [-0.1, -0.05) is 66.8 Å². The molecule has 2 aliphatic rings. The molecule has 0 saturated heterocycles. The van der Waals surface area contributed by atoms with Gasteiger partial charge in [0.25, 0.3) is 5.92 Å². The summed E-state index contributed by atoms with van der Waals surface area (Å²) in [5, 5.41) is 51.4. The van der Waals surface area contributed by atoms with Crippen LogP contribution in [0.5, 0.6) is 11.5 Å². The highest BCUT2D eigenvalue weighted by atomic mass is 19.4. The molecule has 2 fully saturated rings. The maximum absolute atomic E-state index is 14.2. The molecule has 2 aromatic rings. The summed E-state index contributed by atoms with van der Waals surface area (Å²) in [4.78, 5) is 23.0. The summed E-state index contributed by atoms with van der Waals surface area (Å²) in [6, 6.07) is 12.8. The Balaban J connectivity index is 0.000000357. The molecular weight excluding hydrogens is 884 g/mol. The molecule has 2 saturated carbocycles. The molecule has 0 heterocycles. The summed E-state index contributed by atoms with van der Waals surface area (Å²) >= 11 is 0. The van der Waals surface area contributed by atoms with Crippen molar-refractivity contribution in [3.63, 3.8) is 0 Å². The lowest BCUT2D eigenvalue weighted by molar-refractivity contribution is -0.148. The van der Waals surface area contributed by atoms with Crippen molar-refractivity contribution in [3.05, 3.63) is 109 Å². The number of ether oxygens (including phenoxy) is 4. The van der Waals surface area contributed by atoms with Gasteiger partial charge in [0.2, 0.25) is 0 Å². The second-order valence-corrected chi connectivity index (χ2v) is 17.5. The molecule has 16 heteroatoms. The predicted molar refractivity (Wildman–Crippen MR) is 243 cm³/mol. The van der Waals surface area contributed by atoms with E-state index in [1.807, 2.05) is 24.3 Å². The molecular formula is C51H69F5O11. The number of halogens is 5. The van der Waals surface area contributed by atoms with Crippen molar-refractivity contribution in [2.75, 3.05) is 13.2 Å². The number of para-hydroxylation sites is 1. The second kappa shape index (κ2) is 28.7. The minimum Gasteiger partial charge on any atom is -0.491 e. The monoisotopic (exact) mass is 952 g/mol. The predicted octanol–water partition coefficient (Wildman–Crippen LogP) is 9.11. The van der Waals surface area contributed by atoms with Crippen LogP contribution in [0.4, 0.5) is 22.0 Å². The van der Waals surface area contributed by atoms with Crippen molar-refractivity contribution in [3.8, 4) is 11.5 Å². The fourth-order valence-electron chi connectivity index (χ4n) is 7.78. The third kappa shape index (κ3) is 21.9. The maximum Gasteiger partial charge on any atom is 0.416 e. The quantitative estimate of drug-likeness (QED) is 0.0294. The Morgan fingerprint density at radius 1 is 0.672 bits per heavy atom. The Morgan fingerprint density at radius 2 is 1.18 bits per heavy atom. The van der Waals surface area contributed by atoms with Crippen molar-refractivity contribution in [1.82, 2.24) is 0 Å². The van der Waals surface area contributed by atoms with E-state index in [-0.39, 0.29) is 67.1 Å². The van der Waals surface area contributed by atoms with Gasteiger partial charge in [0.1, 0.15) is 24.2 Å². The summed E-state index contributed by atoms with van der Waals surface area (Å²) in [6.45, 7) is 6.14. The number of alkyl halides is 5. The summed E-state index contributed by atoms with van der Waals surface area (Å²) < 4.78 is 87.5. The molecule has 0 aliphatic heterocycles. The molecule has 9 atom stereocenters. The van der Waals surface area contributed by atoms with Gasteiger partial charge in [-0.25, -0.2) is 0 Å². The largest absolute Gasteiger partial charge is 0.491 e. The normalized spacial score (nSPS) is 23.9. The first-order chi connectivity index (χ1) is 31.6. The number of allylic oxidation sites excluding steroid dienone is 4. The molecule has 374 valence electrons. The summed E-state index contributed by atoms with van der Waals surface area (Å²) in [7, 11) is 0. The van der Waals surface area contributed by atoms with E-state index in [1.54, 1.807) is 64.1 Å². The van der Waals surface area contributed by atoms with Gasteiger partial charge in [0.15, 0.2) is 6.61 Å². The van der Waals surface area contributed by atoms with Gasteiger partial charge in [-0.2, -0.15) is 22.0 Å². The van der Waals surface area contributed by atoms with Gasteiger partial charge in [-0.05, 0) is 114 Å². The minimum atomic E-state index is -4.49. The van der Waals surface area contributed by atoms with Crippen LogP contribution in [-0.4, -0.2) is 99.3 Å². The SMILES string of the molecule is CC(C)OC(=O)CCC/C=C\C[C@@H]1[C@@H](/C=C/C(F)(F)COc2ccccc2)[C@H](O)C[C@@H]1O.CC(C)OC(=O)CCC/C=C\C[C@@H]1[C@@H](/C=C/[C@@H](O)COc2cccc(C(F)(F)F)c2)[C@H](O)C[C@@H]1O. The molecule has 0 aromatic heterocycles. The molecule has 0 spiro atoms. The second-order valence-electron chi connectivity index (χ2n) is 17.5. The number of aliphatic hydroxyl groups is 5. The van der Waals surface area contributed by atoms with E-state index < -0.39 is 60.7 Å². The van der Waals surface area contributed by atoms with Crippen LogP contribution >= 0.6 is 0 Å². The lowest BCUT2D eigenvalue weighted by Gasteiger charge is -2.20.